The summed E-state index contributed by atoms with van der Waals surface area (Å²) in [4.78, 5) is 23.1. The number of Topliss-reactive ketones (excluding diaryl/α,β-unsaturated/α-hetero) is 1. The summed E-state index contributed by atoms with van der Waals surface area (Å²) in [6.07, 6.45) is 4.12. The fourth-order valence-electron chi connectivity index (χ4n) is 3.37. The van der Waals surface area contributed by atoms with E-state index in [1.807, 2.05) is 0 Å². The molecule has 0 unspecified atom stereocenters. The first-order valence-corrected chi connectivity index (χ1v) is 8.15. The largest absolute Gasteiger partial charge is 0.393 e. The summed E-state index contributed by atoms with van der Waals surface area (Å²) in [5.41, 5.74) is 0.119. The minimum Gasteiger partial charge on any atom is -0.393 e. The molecule has 4 atom stereocenters. The maximum atomic E-state index is 12.4. The van der Waals surface area contributed by atoms with Gasteiger partial charge in [0.2, 0.25) is 0 Å². The van der Waals surface area contributed by atoms with Crippen molar-refractivity contribution in [2.24, 2.45) is 17.3 Å². The first-order chi connectivity index (χ1) is 9.82. The third-order valence-electron chi connectivity index (χ3n) is 4.85. The summed E-state index contributed by atoms with van der Waals surface area (Å²) in [5, 5.41) is 19.9. The Hall–Kier alpha value is -0.740. The molecular formula is C17H30O4. The zero-order valence-corrected chi connectivity index (χ0v) is 13.5. The van der Waals surface area contributed by atoms with Crippen LogP contribution in [0.4, 0.5) is 0 Å². The highest BCUT2D eigenvalue weighted by molar-refractivity contribution is 5.82. The van der Waals surface area contributed by atoms with E-state index in [1.54, 1.807) is 0 Å². The van der Waals surface area contributed by atoms with Crippen molar-refractivity contribution >= 4 is 12.1 Å². The third-order valence-corrected chi connectivity index (χ3v) is 4.85. The van der Waals surface area contributed by atoms with E-state index in [0.717, 1.165) is 32.0 Å². The highest BCUT2D eigenvalue weighted by Crippen LogP contribution is 2.37. The SMILES string of the molecule is CCCCC(C)(C)CCC(=O)[C@H]1[C@H](CC=O)[C@H](O)C[C@@H]1O. The van der Waals surface area contributed by atoms with Crippen molar-refractivity contribution in [3.63, 3.8) is 0 Å². The Morgan fingerprint density at radius 1 is 1.24 bits per heavy atom. The Balaban J connectivity index is 2.59. The van der Waals surface area contributed by atoms with Gasteiger partial charge in [0.05, 0.1) is 12.2 Å². The minimum absolute atomic E-state index is 0.00419. The summed E-state index contributed by atoms with van der Waals surface area (Å²) in [7, 11) is 0. The molecule has 0 aromatic carbocycles. The van der Waals surface area contributed by atoms with Gasteiger partial charge in [-0.1, -0.05) is 33.6 Å². The van der Waals surface area contributed by atoms with Crippen LogP contribution in [0, 0.1) is 17.3 Å². The maximum absolute atomic E-state index is 12.4. The minimum atomic E-state index is -0.809. The van der Waals surface area contributed by atoms with Crippen molar-refractivity contribution in [1.29, 1.82) is 0 Å². The van der Waals surface area contributed by atoms with E-state index in [2.05, 4.69) is 20.8 Å². The Bertz CT molecular complexity index is 351. The average Bonchev–Trinajstić information content (AvgIpc) is 2.69. The third kappa shape index (κ3) is 5.19. The molecule has 4 nitrogen and oxygen atoms in total. The van der Waals surface area contributed by atoms with Gasteiger partial charge < -0.3 is 15.0 Å². The molecule has 0 amide bonds. The standard InChI is InChI=1S/C17H30O4/c1-4-5-8-17(2,3)9-6-13(19)16-12(7-10-18)14(20)11-15(16)21/h10,12,14-16,20-21H,4-9,11H2,1-3H3/t12-,14-,15+,16-/m1/s1. The molecular weight excluding hydrogens is 268 g/mol. The number of carbonyl (C=O) groups is 2. The normalized spacial score (nSPS) is 29.6. The molecule has 0 saturated heterocycles. The molecule has 0 aliphatic heterocycles. The van der Waals surface area contributed by atoms with Gasteiger partial charge in [0.15, 0.2) is 0 Å². The van der Waals surface area contributed by atoms with Crippen molar-refractivity contribution in [3.05, 3.63) is 0 Å². The predicted octanol–water partition coefficient (Wildman–Crippen LogP) is 2.50. The summed E-state index contributed by atoms with van der Waals surface area (Å²) >= 11 is 0. The molecule has 0 aromatic rings. The molecule has 0 bridgehead atoms. The highest BCUT2D eigenvalue weighted by atomic mass is 16.3. The van der Waals surface area contributed by atoms with Crippen LogP contribution in [-0.4, -0.2) is 34.5 Å². The molecule has 4 heteroatoms. The average molecular weight is 298 g/mol. The number of aldehydes is 1. The topological polar surface area (TPSA) is 74.6 Å². The van der Waals surface area contributed by atoms with E-state index in [-0.39, 0.29) is 24.0 Å². The number of hydrogen-bond donors (Lipinski definition) is 2. The van der Waals surface area contributed by atoms with Crippen LogP contribution in [0.25, 0.3) is 0 Å². The summed E-state index contributed by atoms with van der Waals surface area (Å²) < 4.78 is 0. The Morgan fingerprint density at radius 2 is 1.90 bits per heavy atom. The molecule has 2 N–H and O–H groups in total. The molecule has 21 heavy (non-hydrogen) atoms. The van der Waals surface area contributed by atoms with Gasteiger partial charge in [0.25, 0.3) is 0 Å². The van der Waals surface area contributed by atoms with Crippen molar-refractivity contribution < 1.29 is 19.8 Å². The van der Waals surface area contributed by atoms with Crippen LogP contribution in [0.15, 0.2) is 0 Å². The zero-order valence-electron chi connectivity index (χ0n) is 13.5. The van der Waals surface area contributed by atoms with Crippen molar-refractivity contribution in [3.8, 4) is 0 Å². The van der Waals surface area contributed by atoms with Gasteiger partial charge in [-0.3, -0.25) is 4.79 Å². The van der Waals surface area contributed by atoms with Crippen LogP contribution >= 0.6 is 0 Å². The van der Waals surface area contributed by atoms with E-state index in [9.17, 15) is 19.8 Å². The summed E-state index contributed by atoms with van der Waals surface area (Å²) in [6.45, 7) is 6.49. The molecule has 0 spiro atoms. The second-order valence-electron chi connectivity index (χ2n) is 7.20. The zero-order chi connectivity index (χ0) is 16.0. The van der Waals surface area contributed by atoms with Gasteiger partial charge in [-0.05, 0) is 18.3 Å². The van der Waals surface area contributed by atoms with Crippen LogP contribution < -0.4 is 0 Å². The summed E-state index contributed by atoms with van der Waals surface area (Å²) in [6, 6.07) is 0. The van der Waals surface area contributed by atoms with Crippen molar-refractivity contribution in [2.45, 2.75) is 77.9 Å². The molecule has 1 fully saturated rings. The number of unbranched alkanes of at least 4 members (excludes halogenated alkanes) is 1. The number of aliphatic hydroxyl groups is 2. The van der Waals surface area contributed by atoms with Gasteiger partial charge in [0, 0.05) is 31.1 Å². The first-order valence-electron chi connectivity index (χ1n) is 8.15. The van der Waals surface area contributed by atoms with Crippen LogP contribution in [0.1, 0.15) is 65.7 Å². The first kappa shape index (κ1) is 18.3. The molecule has 0 radical (unpaired) electrons. The number of rotatable bonds is 9. The van der Waals surface area contributed by atoms with E-state index in [0.29, 0.717) is 6.42 Å². The molecule has 1 saturated carbocycles. The van der Waals surface area contributed by atoms with Crippen molar-refractivity contribution in [2.75, 3.05) is 0 Å². The lowest BCUT2D eigenvalue weighted by Crippen LogP contribution is -2.31. The fraction of sp³-hybridized carbons (Fsp3) is 0.882. The lowest BCUT2D eigenvalue weighted by Gasteiger charge is -2.26. The van der Waals surface area contributed by atoms with E-state index in [4.69, 9.17) is 0 Å². The highest BCUT2D eigenvalue weighted by Gasteiger charge is 2.45. The number of carbonyl (C=O) groups excluding carboxylic acids is 2. The predicted molar refractivity (Wildman–Crippen MR) is 81.8 cm³/mol. The van der Waals surface area contributed by atoms with E-state index >= 15 is 0 Å². The molecule has 0 aromatic heterocycles. The second kappa shape index (κ2) is 8.04. The number of hydrogen-bond acceptors (Lipinski definition) is 4. The van der Waals surface area contributed by atoms with E-state index in [1.165, 1.54) is 0 Å². The van der Waals surface area contributed by atoms with Gasteiger partial charge >= 0.3 is 0 Å². The number of aliphatic hydroxyl groups excluding tert-OH is 2. The van der Waals surface area contributed by atoms with E-state index < -0.39 is 24.0 Å². The quantitative estimate of drug-likeness (QED) is 0.641. The second-order valence-corrected chi connectivity index (χ2v) is 7.20. The van der Waals surface area contributed by atoms with Crippen LogP contribution in [0.2, 0.25) is 0 Å². The van der Waals surface area contributed by atoms with Crippen LogP contribution in [0.3, 0.4) is 0 Å². The van der Waals surface area contributed by atoms with Gasteiger partial charge in [-0.25, -0.2) is 0 Å². The maximum Gasteiger partial charge on any atom is 0.138 e. The fourth-order valence-corrected chi connectivity index (χ4v) is 3.37. The monoisotopic (exact) mass is 298 g/mol. The lowest BCUT2D eigenvalue weighted by atomic mass is 9.79. The molecule has 1 aliphatic rings. The van der Waals surface area contributed by atoms with Gasteiger partial charge in [-0.15, -0.1) is 0 Å². The Morgan fingerprint density at radius 3 is 2.48 bits per heavy atom. The van der Waals surface area contributed by atoms with Crippen LogP contribution in [0.5, 0.6) is 0 Å². The molecule has 0 heterocycles. The summed E-state index contributed by atoms with van der Waals surface area (Å²) in [5.74, 6) is -0.994. The van der Waals surface area contributed by atoms with Gasteiger partial charge in [-0.2, -0.15) is 0 Å². The Kier molecular flexibility index (Phi) is 7.01. The van der Waals surface area contributed by atoms with Crippen molar-refractivity contribution in [1.82, 2.24) is 0 Å². The smallest absolute Gasteiger partial charge is 0.138 e. The number of ketones is 1. The lowest BCUT2D eigenvalue weighted by molar-refractivity contribution is -0.128. The molecule has 1 rings (SSSR count). The molecule has 122 valence electrons. The van der Waals surface area contributed by atoms with Crippen LogP contribution in [-0.2, 0) is 9.59 Å². The van der Waals surface area contributed by atoms with Gasteiger partial charge in [0.1, 0.15) is 12.1 Å². The molecule has 1 aliphatic carbocycles. The Labute approximate surface area is 127 Å².